The molecule has 10 heteroatoms. The number of hydrogen-bond acceptors (Lipinski definition) is 10. The zero-order chi connectivity index (χ0) is 62.2. The van der Waals surface area contributed by atoms with E-state index in [2.05, 4.69) is 146 Å². The number of benzene rings is 12. The van der Waals surface area contributed by atoms with E-state index < -0.39 is 10.8 Å². The third-order valence-electron chi connectivity index (χ3n) is 15.7. The van der Waals surface area contributed by atoms with Gasteiger partial charge >= 0.3 is 0 Å². The number of hydrogen-bond donors (Lipinski definition) is 8. The second-order valence-corrected chi connectivity index (χ2v) is 21.0. The van der Waals surface area contributed by atoms with Crippen LogP contribution in [-0.2, 0) is 10.8 Å². The fourth-order valence-corrected chi connectivity index (χ4v) is 11.7. The summed E-state index contributed by atoms with van der Waals surface area (Å²) in [6.45, 7) is 2.86. The van der Waals surface area contributed by atoms with Gasteiger partial charge in [0, 0.05) is 81.6 Å². The van der Waals surface area contributed by atoms with Crippen LogP contribution in [0.1, 0.15) is 58.4 Å². The first-order chi connectivity index (χ1) is 42.8. The molecule has 10 nitrogen and oxygen atoms in total. The molecule has 0 saturated heterocycles. The van der Waals surface area contributed by atoms with Crippen LogP contribution in [0.15, 0.2) is 291 Å². The highest BCUT2D eigenvalue weighted by Crippen LogP contribution is 2.52. The van der Waals surface area contributed by atoms with Crippen molar-refractivity contribution in [3.63, 3.8) is 0 Å². The average Bonchev–Trinajstić information content (AvgIpc) is 0.784. The van der Waals surface area contributed by atoms with Crippen molar-refractivity contribution in [3.05, 3.63) is 336 Å². The van der Waals surface area contributed by atoms with Crippen LogP contribution in [0.3, 0.4) is 0 Å². The van der Waals surface area contributed by atoms with Crippen LogP contribution in [0, 0.1) is 22.7 Å². The minimum atomic E-state index is -0.815. The molecule has 432 valence electrons. The van der Waals surface area contributed by atoms with Gasteiger partial charge in [0.05, 0.1) is 23.0 Å². The molecule has 0 aliphatic rings. The molecular formula is C78H70N10. The number of nitrogen functional groups attached to an aromatic ring is 8. The third kappa shape index (κ3) is 12.5. The summed E-state index contributed by atoms with van der Waals surface area (Å²) in [6, 6.07) is 102. The van der Waals surface area contributed by atoms with Gasteiger partial charge in [-0.05, 0) is 152 Å². The zero-order valence-electron chi connectivity index (χ0n) is 49.2. The van der Waals surface area contributed by atoms with E-state index in [1.54, 1.807) is 12.1 Å². The lowest BCUT2D eigenvalue weighted by atomic mass is 9.63. The number of nitriles is 2. The molecule has 0 spiro atoms. The van der Waals surface area contributed by atoms with Gasteiger partial charge in [0.1, 0.15) is 0 Å². The Kier molecular flexibility index (Phi) is 19.0. The zero-order valence-corrected chi connectivity index (χ0v) is 49.2. The fourth-order valence-electron chi connectivity index (χ4n) is 11.7. The summed E-state index contributed by atoms with van der Waals surface area (Å²) in [5.74, 6) is 0. The quantitative estimate of drug-likeness (QED) is 0.0424. The van der Waals surface area contributed by atoms with Crippen molar-refractivity contribution < 1.29 is 0 Å². The van der Waals surface area contributed by atoms with Gasteiger partial charge in [-0.15, -0.1) is 0 Å². The molecule has 0 heterocycles. The molecular weight excluding hydrogens is 1080 g/mol. The van der Waals surface area contributed by atoms with Crippen molar-refractivity contribution in [1.82, 2.24) is 0 Å². The fraction of sp³-hybridized carbons (Fsp3) is 0.0513. The van der Waals surface area contributed by atoms with E-state index in [0.717, 1.165) is 100 Å². The number of nitrogens with two attached hydrogens (primary N) is 8. The Labute approximate surface area is 516 Å². The highest BCUT2D eigenvalue weighted by atomic mass is 14.6. The summed E-state index contributed by atoms with van der Waals surface area (Å²) in [4.78, 5) is 0. The number of nitrogens with zero attached hydrogens (tertiary/aromatic N) is 2. The summed E-state index contributed by atoms with van der Waals surface area (Å²) in [5.41, 5.74) is 72.0. The average molecular weight is 1150 g/mol. The van der Waals surface area contributed by atoms with Crippen LogP contribution in [-0.4, -0.2) is 0 Å². The highest BCUT2D eigenvalue weighted by molar-refractivity contribution is 5.88. The van der Waals surface area contributed by atoms with Gasteiger partial charge in [0.2, 0.25) is 0 Å². The molecule has 88 heavy (non-hydrogen) atoms. The third-order valence-corrected chi connectivity index (χ3v) is 15.7. The van der Waals surface area contributed by atoms with Crippen LogP contribution in [0.25, 0.3) is 44.5 Å². The topological polar surface area (TPSA) is 256 Å². The van der Waals surface area contributed by atoms with Crippen molar-refractivity contribution in [2.45, 2.75) is 24.7 Å². The highest BCUT2D eigenvalue weighted by Gasteiger charge is 2.42. The Balaban J connectivity index is 0.000000192. The first kappa shape index (κ1) is 60.6. The predicted molar refractivity (Wildman–Crippen MR) is 369 cm³/mol. The van der Waals surface area contributed by atoms with Crippen LogP contribution in [0.4, 0.5) is 45.5 Å². The van der Waals surface area contributed by atoms with Crippen LogP contribution < -0.4 is 45.9 Å². The van der Waals surface area contributed by atoms with Gasteiger partial charge < -0.3 is 45.9 Å². The second-order valence-electron chi connectivity index (χ2n) is 21.0. The van der Waals surface area contributed by atoms with Crippen molar-refractivity contribution in [3.8, 4) is 56.6 Å². The SMILES string of the molecule is CC#N.CC#N.Nc1ccc(-c2ccc(N)c(C(c3ccccc3)(c3ccccc3)c3cc(-c4ccc(N)cc4)ccc3N)c2)cc1.Nc1ccccc1-c1cc(C(c2ccccc2)(c2ccccc2)c2ccc(N)c(-c3ccccc3N)c2)ccc1N. The molecule has 0 aromatic heterocycles. The normalized spacial score (nSPS) is 10.7. The summed E-state index contributed by atoms with van der Waals surface area (Å²) >= 11 is 0. The smallest absolute Gasteiger partial charge is 0.0741 e. The van der Waals surface area contributed by atoms with E-state index in [1.165, 1.54) is 13.8 Å². The Morgan fingerprint density at radius 2 is 0.500 bits per heavy atom. The maximum absolute atomic E-state index is 7.32. The van der Waals surface area contributed by atoms with Crippen LogP contribution in [0.2, 0.25) is 0 Å². The number of para-hydroxylation sites is 2. The molecule has 16 N–H and O–H groups in total. The first-order valence-corrected chi connectivity index (χ1v) is 28.6. The van der Waals surface area contributed by atoms with Gasteiger partial charge in [-0.3, -0.25) is 0 Å². The summed E-state index contributed by atoms with van der Waals surface area (Å²) in [6.07, 6.45) is 0. The van der Waals surface area contributed by atoms with E-state index in [4.69, 9.17) is 56.4 Å². The molecule has 0 unspecified atom stereocenters. The van der Waals surface area contributed by atoms with E-state index >= 15 is 0 Å². The lowest BCUT2D eigenvalue weighted by Crippen LogP contribution is -2.33. The summed E-state index contributed by atoms with van der Waals surface area (Å²) < 4.78 is 0. The minimum Gasteiger partial charge on any atom is -0.399 e. The molecule has 0 amide bonds. The van der Waals surface area contributed by atoms with Crippen molar-refractivity contribution in [2.75, 3.05) is 45.9 Å². The molecule has 12 aromatic rings. The van der Waals surface area contributed by atoms with Gasteiger partial charge in [0.25, 0.3) is 0 Å². The monoisotopic (exact) mass is 1150 g/mol. The maximum Gasteiger partial charge on any atom is 0.0741 e. The van der Waals surface area contributed by atoms with E-state index in [-0.39, 0.29) is 0 Å². The standard InChI is InChI=1S/2C37H32N4.2C2H3N/c38-33-17-9-7-15-29(33)31-23-27(19-21-35(31)40)37(25-11-3-1-4-12-25,26-13-5-2-6-14-26)28-20-22-36(41)32(24-28)30-16-8-10-18-34(30)39;38-31-17-11-25(12-18-31)27-15-21-35(40)33(23-27)37(29-7-3-1-4-8-29,30-9-5-2-6-10-30)34-24-28(16-22-36(34)41)26-13-19-32(39)20-14-26;2*1-2-3/h2*1-24H,38-41H2;2*1H3. The molecule has 0 aliphatic heterocycles. The molecule has 0 fully saturated rings. The van der Waals surface area contributed by atoms with Gasteiger partial charge in [-0.1, -0.05) is 206 Å². The summed E-state index contributed by atoms with van der Waals surface area (Å²) in [7, 11) is 0. The molecule has 0 aliphatic carbocycles. The Morgan fingerprint density at radius 1 is 0.239 bits per heavy atom. The van der Waals surface area contributed by atoms with Crippen molar-refractivity contribution >= 4 is 45.5 Å². The first-order valence-electron chi connectivity index (χ1n) is 28.6. The van der Waals surface area contributed by atoms with Gasteiger partial charge in [-0.25, -0.2) is 0 Å². The molecule has 0 atom stereocenters. The lowest BCUT2D eigenvalue weighted by Gasteiger charge is -2.39. The molecule has 12 rings (SSSR count). The molecule has 12 aromatic carbocycles. The number of anilines is 8. The maximum atomic E-state index is 7.32. The predicted octanol–water partition coefficient (Wildman–Crippen LogP) is 16.5. The van der Waals surface area contributed by atoms with Gasteiger partial charge in [-0.2, -0.15) is 10.5 Å². The second kappa shape index (κ2) is 27.6. The Bertz CT molecular complexity index is 4100. The Hall–Kier alpha value is -12.0. The van der Waals surface area contributed by atoms with E-state index in [0.29, 0.717) is 34.1 Å². The van der Waals surface area contributed by atoms with Crippen LogP contribution >= 0.6 is 0 Å². The molecule has 0 bridgehead atoms. The minimum absolute atomic E-state index is 0.664. The number of rotatable bonds is 12. The summed E-state index contributed by atoms with van der Waals surface area (Å²) in [5, 5.41) is 14.6. The Morgan fingerprint density at radius 3 is 0.818 bits per heavy atom. The molecule has 0 saturated carbocycles. The van der Waals surface area contributed by atoms with Crippen LogP contribution in [0.5, 0.6) is 0 Å². The van der Waals surface area contributed by atoms with E-state index in [9.17, 15) is 0 Å². The van der Waals surface area contributed by atoms with Gasteiger partial charge in [0.15, 0.2) is 0 Å². The van der Waals surface area contributed by atoms with Crippen molar-refractivity contribution in [1.29, 1.82) is 10.5 Å². The lowest BCUT2D eigenvalue weighted by molar-refractivity contribution is 0.746. The van der Waals surface area contributed by atoms with Crippen molar-refractivity contribution in [2.24, 2.45) is 0 Å². The largest absolute Gasteiger partial charge is 0.399 e. The van der Waals surface area contributed by atoms with E-state index in [1.807, 2.05) is 146 Å². The molecule has 0 radical (unpaired) electrons.